The maximum atomic E-state index is 13.5. The summed E-state index contributed by atoms with van der Waals surface area (Å²) in [5.74, 6) is -0.0854. The Morgan fingerprint density at radius 1 is 1.42 bits per heavy atom. The van der Waals surface area contributed by atoms with Gasteiger partial charge in [-0.3, -0.25) is 0 Å². The lowest BCUT2D eigenvalue weighted by Gasteiger charge is -2.21. The quantitative estimate of drug-likeness (QED) is 0.843. The Bertz CT molecular complexity index is 559. The van der Waals surface area contributed by atoms with Crippen molar-refractivity contribution in [2.45, 2.75) is 31.6 Å². The van der Waals surface area contributed by atoms with Crippen LogP contribution in [0.5, 0.6) is 0 Å². The predicted molar refractivity (Wildman–Crippen MR) is 72.7 cm³/mol. The molecule has 0 aliphatic heterocycles. The number of hydrogen-bond acceptors (Lipinski definition) is 3. The van der Waals surface area contributed by atoms with Gasteiger partial charge in [0.15, 0.2) is 0 Å². The average Bonchev–Trinajstić information content (AvgIpc) is 3.16. The molecule has 2 rings (SSSR count). The molecule has 0 amide bonds. The number of rotatable bonds is 5. The molecule has 1 saturated carbocycles. The van der Waals surface area contributed by atoms with Gasteiger partial charge in [-0.1, -0.05) is 6.92 Å². The highest BCUT2D eigenvalue weighted by atomic mass is 32.2. The number of benzene rings is 1. The highest BCUT2D eigenvalue weighted by Crippen LogP contribution is 2.32. The van der Waals surface area contributed by atoms with Crippen LogP contribution in [0.25, 0.3) is 0 Å². The molecule has 0 atom stereocenters. The molecule has 19 heavy (non-hydrogen) atoms. The van der Waals surface area contributed by atoms with E-state index in [1.165, 1.54) is 23.4 Å². The van der Waals surface area contributed by atoms with Crippen LogP contribution < -0.4 is 5.73 Å². The molecule has 2 N–H and O–H groups in total. The number of nitrogens with zero attached hydrogens (tertiary/aromatic N) is 1. The first kappa shape index (κ1) is 14.3. The maximum absolute atomic E-state index is 13.5. The standard InChI is InChI=1S/C13H19FN2O2S/c1-3-16(8-10-4-5-10)19(17,18)11-6-9(2)13(14)12(15)7-11/h6-7,10H,3-5,8,15H2,1-2H3. The van der Waals surface area contributed by atoms with Gasteiger partial charge >= 0.3 is 0 Å². The van der Waals surface area contributed by atoms with Crippen molar-refractivity contribution in [1.29, 1.82) is 0 Å². The molecule has 0 unspecified atom stereocenters. The number of anilines is 1. The molecule has 6 heteroatoms. The fourth-order valence-corrected chi connectivity index (χ4v) is 3.69. The van der Waals surface area contributed by atoms with E-state index in [-0.39, 0.29) is 16.1 Å². The minimum Gasteiger partial charge on any atom is -0.396 e. The summed E-state index contributed by atoms with van der Waals surface area (Å²) in [6, 6.07) is 2.55. The zero-order chi connectivity index (χ0) is 14.2. The van der Waals surface area contributed by atoms with Crippen LogP contribution in [0.3, 0.4) is 0 Å². The fourth-order valence-electron chi connectivity index (χ4n) is 2.05. The van der Waals surface area contributed by atoms with E-state index in [0.29, 0.717) is 19.0 Å². The summed E-state index contributed by atoms with van der Waals surface area (Å²) in [6.45, 7) is 4.27. The first-order chi connectivity index (χ1) is 8.86. The van der Waals surface area contributed by atoms with Gasteiger partial charge in [0.05, 0.1) is 10.6 Å². The van der Waals surface area contributed by atoms with E-state index < -0.39 is 15.8 Å². The molecule has 0 bridgehead atoms. The molecule has 4 nitrogen and oxygen atoms in total. The summed E-state index contributed by atoms with van der Waals surface area (Å²) in [6.07, 6.45) is 2.16. The predicted octanol–water partition coefficient (Wildman–Crippen LogP) is 2.14. The number of sulfonamides is 1. The van der Waals surface area contributed by atoms with Gasteiger partial charge in [0, 0.05) is 13.1 Å². The topological polar surface area (TPSA) is 63.4 Å². The number of hydrogen-bond donors (Lipinski definition) is 1. The third-order valence-corrected chi connectivity index (χ3v) is 5.32. The molecule has 0 saturated heterocycles. The number of nitrogen functional groups attached to an aromatic ring is 1. The van der Waals surface area contributed by atoms with E-state index in [2.05, 4.69) is 0 Å². The van der Waals surface area contributed by atoms with Crippen molar-refractivity contribution in [3.63, 3.8) is 0 Å². The number of nitrogens with two attached hydrogens (primary N) is 1. The van der Waals surface area contributed by atoms with Gasteiger partial charge in [0.25, 0.3) is 0 Å². The zero-order valence-electron chi connectivity index (χ0n) is 11.2. The first-order valence-corrected chi connectivity index (χ1v) is 7.86. The third-order valence-electron chi connectivity index (χ3n) is 3.41. The summed E-state index contributed by atoms with van der Waals surface area (Å²) in [7, 11) is -3.58. The highest BCUT2D eigenvalue weighted by molar-refractivity contribution is 7.89. The Hall–Kier alpha value is -1.14. The third kappa shape index (κ3) is 2.90. The van der Waals surface area contributed by atoms with E-state index in [9.17, 15) is 12.8 Å². The van der Waals surface area contributed by atoms with Crippen molar-refractivity contribution in [2.24, 2.45) is 5.92 Å². The molecule has 0 aromatic heterocycles. The molecule has 106 valence electrons. The van der Waals surface area contributed by atoms with Crippen molar-refractivity contribution in [1.82, 2.24) is 4.31 Å². The van der Waals surface area contributed by atoms with Gasteiger partial charge in [0.2, 0.25) is 10.0 Å². The van der Waals surface area contributed by atoms with Crippen LogP contribution in [0, 0.1) is 18.7 Å². The normalized spacial score (nSPS) is 16.0. The Labute approximate surface area is 113 Å². The van der Waals surface area contributed by atoms with E-state index in [0.717, 1.165) is 12.8 Å². The summed E-state index contributed by atoms with van der Waals surface area (Å²) >= 11 is 0. The summed E-state index contributed by atoms with van der Waals surface area (Å²) in [5, 5.41) is 0. The number of aryl methyl sites for hydroxylation is 1. The molecule has 1 aromatic rings. The molecule has 1 fully saturated rings. The molecule has 0 radical (unpaired) electrons. The first-order valence-electron chi connectivity index (χ1n) is 6.42. The lowest BCUT2D eigenvalue weighted by atomic mass is 10.2. The lowest BCUT2D eigenvalue weighted by molar-refractivity contribution is 0.412. The van der Waals surface area contributed by atoms with Crippen molar-refractivity contribution >= 4 is 15.7 Å². The summed E-state index contributed by atoms with van der Waals surface area (Å²) in [4.78, 5) is 0.0754. The molecular weight excluding hydrogens is 267 g/mol. The summed E-state index contributed by atoms with van der Waals surface area (Å²) < 4.78 is 39.9. The Kier molecular flexibility index (Phi) is 3.82. The van der Waals surface area contributed by atoms with Crippen LogP contribution in [-0.2, 0) is 10.0 Å². The van der Waals surface area contributed by atoms with Crippen molar-refractivity contribution < 1.29 is 12.8 Å². The largest absolute Gasteiger partial charge is 0.396 e. The molecule has 0 spiro atoms. The SMILES string of the molecule is CCN(CC1CC1)S(=O)(=O)c1cc(C)c(F)c(N)c1. The molecule has 1 aliphatic rings. The molecular formula is C13H19FN2O2S. The van der Waals surface area contributed by atoms with Crippen LogP contribution in [0.2, 0.25) is 0 Å². The van der Waals surface area contributed by atoms with Gasteiger partial charge < -0.3 is 5.73 Å². The van der Waals surface area contributed by atoms with Crippen LogP contribution in [0.4, 0.5) is 10.1 Å². The maximum Gasteiger partial charge on any atom is 0.243 e. The average molecular weight is 286 g/mol. The van der Waals surface area contributed by atoms with Gasteiger partial charge in [-0.05, 0) is 43.4 Å². The van der Waals surface area contributed by atoms with Crippen molar-refractivity contribution in [3.8, 4) is 0 Å². The van der Waals surface area contributed by atoms with Crippen molar-refractivity contribution in [2.75, 3.05) is 18.8 Å². The van der Waals surface area contributed by atoms with E-state index >= 15 is 0 Å². The fraction of sp³-hybridized carbons (Fsp3) is 0.538. The highest BCUT2D eigenvalue weighted by Gasteiger charge is 2.31. The van der Waals surface area contributed by atoms with E-state index in [1.807, 2.05) is 0 Å². The monoisotopic (exact) mass is 286 g/mol. The zero-order valence-corrected chi connectivity index (χ0v) is 12.0. The molecule has 0 heterocycles. The second-order valence-corrected chi connectivity index (χ2v) is 6.98. The Balaban J connectivity index is 2.36. The van der Waals surface area contributed by atoms with Crippen LogP contribution in [0.1, 0.15) is 25.3 Å². The molecule has 1 aliphatic carbocycles. The summed E-state index contributed by atoms with van der Waals surface area (Å²) in [5.41, 5.74) is 5.64. The van der Waals surface area contributed by atoms with Gasteiger partial charge in [-0.25, -0.2) is 12.8 Å². The lowest BCUT2D eigenvalue weighted by Crippen LogP contribution is -2.33. The smallest absolute Gasteiger partial charge is 0.243 e. The minimum absolute atomic E-state index is 0.0754. The second-order valence-electron chi connectivity index (χ2n) is 5.04. The van der Waals surface area contributed by atoms with E-state index in [1.54, 1.807) is 6.92 Å². The Morgan fingerprint density at radius 3 is 2.53 bits per heavy atom. The Morgan fingerprint density at radius 2 is 2.05 bits per heavy atom. The number of halogens is 1. The van der Waals surface area contributed by atoms with Gasteiger partial charge in [-0.2, -0.15) is 4.31 Å². The van der Waals surface area contributed by atoms with Crippen LogP contribution >= 0.6 is 0 Å². The van der Waals surface area contributed by atoms with Crippen molar-refractivity contribution in [3.05, 3.63) is 23.5 Å². The minimum atomic E-state index is -3.58. The van der Waals surface area contributed by atoms with Crippen LogP contribution in [-0.4, -0.2) is 25.8 Å². The second kappa shape index (κ2) is 5.09. The van der Waals surface area contributed by atoms with Crippen LogP contribution in [0.15, 0.2) is 17.0 Å². The van der Waals surface area contributed by atoms with E-state index in [4.69, 9.17) is 5.73 Å². The molecule has 1 aromatic carbocycles. The van der Waals surface area contributed by atoms with Gasteiger partial charge in [0.1, 0.15) is 5.82 Å². The van der Waals surface area contributed by atoms with Gasteiger partial charge in [-0.15, -0.1) is 0 Å².